The van der Waals surface area contributed by atoms with E-state index < -0.39 is 16.0 Å². The maximum Gasteiger partial charge on any atom is 0.363 e. The standard InChI is InChI=1S/C21H19N3O4S/c1-3-24(4-2)29(26,27)18-10-6-9-17(13-18)20-23-19(21(25)28-20)12-15-7-5-8-16(11-15)14-22/h5-13H,3-4H2,1-2H3/b19-12-. The Kier molecular flexibility index (Phi) is 5.92. The summed E-state index contributed by atoms with van der Waals surface area (Å²) in [5, 5.41) is 8.99. The fourth-order valence-electron chi connectivity index (χ4n) is 2.89. The molecule has 0 fully saturated rings. The number of rotatable bonds is 6. The second kappa shape index (κ2) is 8.39. The highest BCUT2D eigenvalue weighted by Gasteiger charge is 2.27. The number of carbonyl (C=O) groups excluding carboxylic acids is 1. The van der Waals surface area contributed by atoms with Gasteiger partial charge in [-0.2, -0.15) is 9.57 Å². The molecule has 3 rings (SSSR count). The number of aliphatic imine (C=N–C) groups is 1. The number of esters is 1. The molecule has 0 amide bonds. The monoisotopic (exact) mass is 409 g/mol. The second-order valence-electron chi connectivity index (χ2n) is 6.19. The van der Waals surface area contributed by atoms with Gasteiger partial charge in [0.1, 0.15) is 0 Å². The van der Waals surface area contributed by atoms with Gasteiger partial charge >= 0.3 is 5.97 Å². The first-order valence-electron chi connectivity index (χ1n) is 9.02. The molecule has 0 radical (unpaired) electrons. The van der Waals surface area contributed by atoms with Crippen LogP contribution in [-0.2, 0) is 19.6 Å². The minimum absolute atomic E-state index is 0.0364. The van der Waals surface area contributed by atoms with Crippen LogP contribution in [0, 0.1) is 11.3 Å². The number of cyclic esters (lactones) is 1. The van der Waals surface area contributed by atoms with Gasteiger partial charge in [0.25, 0.3) is 0 Å². The van der Waals surface area contributed by atoms with E-state index in [0.717, 1.165) is 0 Å². The van der Waals surface area contributed by atoms with E-state index in [2.05, 4.69) is 4.99 Å². The second-order valence-corrected chi connectivity index (χ2v) is 8.13. The zero-order valence-electron chi connectivity index (χ0n) is 16.0. The average Bonchev–Trinajstić information content (AvgIpc) is 3.09. The van der Waals surface area contributed by atoms with Crippen LogP contribution in [0.5, 0.6) is 0 Å². The van der Waals surface area contributed by atoms with Crippen LogP contribution in [0.4, 0.5) is 0 Å². The molecule has 8 heteroatoms. The van der Waals surface area contributed by atoms with E-state index in [4.69, 9.17) is 10.00 Å². The van der Waals surface area contributed by atoms with Crippen molar-refractivity contribution in [2.45, 2.75) is 18.7 Å². The fourth-order valence-corrected chi connectivity index (χ4v) is 4.40. The summed E-state index contributed by atoms with van der Waals surface area (Å²) in [6.45, 7) is 4.25. The van der Waals surface area contributed by atoms with Gasteiger partial charge in [-0.1, -0.05) is 32.0 Å². The summed E-state index contributed by atoms with van der Waals surface area (Å²) in [7, 11) is -3.64. The van der Waals surface area contributed by atoms with Crippen molar-refractivity contribution >= 4 is 28.0 Å². The molecule has 2 aromatic rings. The van der Waals surface area contributed by atoms with E-state index in [1.54, 1.807) is 50.2 Å². The predicted octanol–water partition coefficient (Wildman–Crippen LogP) is 2.93. The normalized spacial score (nSPS) is 15.3. The summed E-state index contributed by atoms with van der Waals surface area (Å²) in [5.41, 5.74) is 1.57. The van der Waals surface area contributed by atoms with Crippen LogP contribution in [0.15, 0.2) is 64.1 Å². The number of benzene rings is 2. The Balaban J connectivity index is 1.96. The number of nitriles is 1. The SMILES string of the molecule is CCN(CC)S(=O)(=O)c1cccc(C2=N/C(=C\c3cccc(C#N)c3)C(=O)O2)c1. The van der Waals surface area contributed by atoms with E-state index >= 15 is 0 Å². The lowest BCUT2D eigenvalue weighted by atomic mass is 10.1. The van der Waals surface area contributed by atoms with Crippen molar-refractivity contribution in [2.24, 2.45) is 4.99 Å². The minimum atomic E-state index is -3.64. The zero-order valence-corrected chi connectivity index (χ0v) is 16.8. The minimum Gasteiger partial charge on any atom is -0.402 e. The zero-order chi connectivity index (χ0) is 21.0. The third kappa shape index (κ3) is 4.26. The van der Waals surface area contributed by atoms with Crippen LogP contribution >= 0.6 is 0 Å². The Morgan fingerprint density at radius 3 is 2.55 bits per heavy atom. The molecule has 0 spiro atoms. The Hall–Kier alpha value is -3.28. The van der Waals surface area contributed by atoms with E-state index in [0.29, 0.717) is 29.8 Å². The van der Waals surface area contributed by atoms with E-state index in [1.165, 1.54) is 22.5 Å². The first kappa shape index (κ1) is 20.5. The molecule has 0 bridgehead atoms. The fraction of sp³-hybridized carbons (Fsp3) is 0.190. The van der Waals surface area contributed by atoms with Gasteiger partial charge < -0.3 is 4.74 Å². The van der Waals surface area contributed by atoms with Crippen molar-refractivity contribution in [3.05, 3.63) is 70.9 Å². The Morgan fingerprint density at radius 2 is 1.86 bits per heavy atom. The number of hydrogen-bond acceptors (Lipinski definition) is 6. The molecule has 0 unspecified atom stereocenters. The molecule has 29 heavy (non-hydrogen) atoms. The highest BCUT2D eigenvalue weighted by atomic mass is 32.2. The Morgan fingerprint density at radius 1 is 1.14 bits per heavy atom. The van der Waals surface area contributed by atoms with Gasteiger partial charge in [-0.05, 0) is 42.0 Å². The number of sulfonamides is 1. The van der Waals surface area contributed by atoms with Crippen molar-refractivity contribution in [2.75, 3.05) is 13.1 Å². The topological polar surface area (TPSA) is 99.8 Å². The van der Waals surface area contributed by atoms with Crippen molar-refractivity contribution in [1.82, 2.24) is 4.31 Å². The molecule has 148 valence electrons. The molecule has 0 atom stereocenters. The molecule has 0 aromatic heterocycles. The smallest absolute Gasteiger partial charge is 0.363 e. The lowest BCUT2D eigenvalue weighted by Crippen LogP contribution is -2.30. The van der Waals surface area contributed by atoms with Gasteiger partial charge in [-0.25, -0.2) is 18.2 Å². The molecule has 0 saturated heterocycles. The predicted molar refractivity (Wildman–Crippen MR) is 108 cm³/mol. The van der Waals surface area contributed by atoms with E-state index in [-0.39, 0.29) is 16.5 Å². The van der Waals surface area contributed by atoms with Crippen molar-refractivity contribution in [3.63, 3.8) is 0 Å². The van der Waals surface area contributed by atoms with Gasteiger partial charge in [0.2, 0.25) is 15.9 Å². The molecule has 1 aliphatic heterocycles. The summed E-state index contributed by atoms with van der Waals surface area (Å²) in [6.07, 6.45) is 1.52. The highest BCUT2D eigenvalue weighted by molar-refractivity contribution is 7.89. The highest BCUT2D eigenvalue weighted by Crippen LogP contribution is 2.22. The van der Waals surface area contributed by atoms with Crippen LogP contribution in [0.1, 0.15) is 30.5 Å². The molecule has 1 aliphatic rings. The summed E-state index contributed by atoms with van der Waals surface area (Å²) >= 11 is 0. The molecule has 0 saturated carbocycles. The summed E-state index contributed by atoms with van der Waals surface area (Å²) < 4.78 is 32.1. The summed E-state index contributed by atoms with van der Waals surface area (Å²) in [4.78, 5) is 16.5. The van der Waals surface area contributed by atoms with Gasteiger partial charge in [-0.3, -0.25) is 0 Å². The van der Waals surface area contributed by atoms with Crippen molar-refractivity contribution in [3.8, 4) is 6.07 Å². The maximum absolute atomic E-state index is 12.7. The Bertz CT molecular complexity index is 1160. The Labute approximate surface area is 169 Å². The summed E-state index contributed by atoms with van der Waals surface area (Å²) in [6, 6.07) is 14.9. The number of ether oxygens (including phenoxy) is 1. The molecule has 2 aromatic carbocycles. The number of carbonyl (C=O) groups is 1. The molecular weight excluding hydrogens is 390 g/mol. The first-order chi connectivity index (χ1) is 13.9. The number of nitrogens with zero attached hydrogens (tertiary/aromatic N) is 3. The molecule has 1 heterocycles. The van der Waals surface area contributed by atoms with Crippen LogP contribution in [0.25, 0.3) is 6.08 Å². The third-order valence-corrected chi connectivity index (χ3v) is 6.41. The van der Waals surface area contributed by atoms with Crippen LogP contribution in [-0.4, -0.2) is 37.7 Å². The number of hydrogen-bond donors (Lipinski definition) is 0. The van der Waals surface area contributed by atoms with Crippen LogP contribution < -0.4 is 0 Å². The van der Waals surface area contributed by atoms with Gasteiger partial charge in [0, 0.05) is 18.7 Å². The van der Waals surface area contributed by atoms with E-state index in [1.807, 2.05) is 6.07 Å². The molecule has 0 N–H and O–H groups in total. The maximum atomic E-state index is 12.7. The van der Waals surface area contributed by atoms with Gasteiger partial charge in [0.05, 0.1) is 16.5 Å². The van der Waals surface area contributed by atoms with Crippen LogP contribution in [0.3, 0.4) is 0 Å². The quantitative estimate of drug-likeness (QED) is 0.539. The molecule has 0 aliphatic carbocycles. The van der Waals surface area contributed by atoms with Crippen molar-refractivity contribution in [1.29, 1.82) is 5.26 Å². The lowest BCUT2D eigenvalue weighted by molar-refractivity contribution is -0.129. The third-order valence-electron chi connectivity index (χ3n) is 4.36. The van der Waals surface area contributed by atoms with Crippen LogP contribution in [0.2, 0.25) is 0 Å². The summed E-state index contributed by atoms with van der Waals surface area (Å²) in [5.74, 6) is -0.603. The molecular formula is C21H19N3O4S. The van der Waals surface area contributed by atoms with Crippen molar-refractivity contribution < 1.29 is 17.9 Å². The average molecular weight is 409 g/mol. The lowest BCUT2D eigenvalue weighted by Gasteiger charge is -2.18. The largest absolute Gasteiger partial charge is 0.402 e. The van der Waals surface area contributed by atoms with Gasteiger partial charge in [-0.15, -0.1) is 0 Å². The van der Waals surface area contributed by atoms with E-state index in [9.17, 15) is 13.2 Å². The van der Waals surface area contributed by atoms with Gasteiger partial charge in [0.15, 0.2) is 5.70 Å². The molecule has 7 nitrogen and oxygen atoms in total. The first-order valence-corrected chi connectivity index (χ1v) is 10.5.